The Bertz CT molecular complexity index is 231. The molecule has 0 saturated carbocycles. The molecule has 2 N–H and O–H groups in total. The Morgan fingerprint density at radius 3 is 1.95 bits per heavy atom. The quantitative estimate of drug-likeness (QED) is 0.585. The molecule has 3 nitrogen and oxygen atoms in total. The smallest absolute Gasteiger partial charge is 0.191 e. The molecule has 0 aromatic carbocycles. The molecule has 1 aliphatic heterocycles. The number of hydrogen-bond donors (Lipinski definition) is 1. The van der Waals surface area contributed by atoms with E-state index in [0.29, 0.717) is 0 Å². The summed E-state index contributed by atoms with van der Waals surface area (Å²) in [4.78, 5) is 6.41. The zero-order valence-electron chi connectivity index (χ0n) is 12.6. The van der Waals surface area contributed by atoms with E-state index in [1.807, 2.05) is 0 Å². The lowest BCUT2D eigenvalue weighted by molar-refractivity contribution is 0.427. The van der Waals surface area contributed by atoms with E-state index in [4.69, 9.17) is 5.73 Å². The summed E-state index contributed by atoms with van der Waals surface area (Å²) in [5.41, 5.74) is 5.78. The van der Waals surface area contributed by atoms with Crippen LogP contribution in [0.2, 0.25) is 0 Å². The minimum atomic E-state index is 0. The van der Waals surface area contributed by atoms with Crippen molar-refractivity contribution in [2.24, 2.45) is 10.7 Å². The lowest BCUT2D eigenvalue weighted by atomic mass is 10.1. The van der Waals surface area contributed by atoms with E-state index in [-0.39, 0.29) is 12.4 Å². The zero-order chi connectivity index (χ0) is 13.1. The van der Waals surface area contributed by atoms with Crippen molar-refractivity contribution in [1.82, 2.24) is 4.90 Å². The first-order valence-corrected chi connectivity index (χ1v) is 7.89. The third-order valence-electron chi connectivity index (χ3n) is 3.75. The Morgan fingerprint density at radius 1 is 0.947 bits per heavy atom. The van der Waals surface area contributed by atoms with Gasteiger partial charge in [0, 0.05) is 13.1 Å². The van der Waals surface area contributed by atoms with Gasteiger partial charge in [0.1, 0.15) is 0 Å². The van der Waals surface area contributed by atoms with E-state index >= 15 is 0 Å². The number of guanidine groups is 1. The molecule has 4 heteroatoms. The molecule has 1 aliphatic rings. The highest BCUT2D eigenvalue weighted by Crippen LogP contribution is 2.11. The van der Waals surface area contributed by atoms with Crippen LogP contribution in [0, 0.1) is 0 Å². The SMILES string of the molecule is CCCCCCCCCCCCN1CCN=C1N.Cl. The second kappa shape index (κ2) is 12.6. The molecule has 0 bridgehead atoms. The average molecular weight is 290 g/mol. The number of aliphatic imine (C=N–C) groups is 1. The van der Waals surface area contributed by atoms with Gasteiger partial charge in [-0.2, -0.15) is 0 Å². The van der Waals surface area contributed by atoms with Crippen molar-refractivity contribution in [3.8, 4) is 0 Å². The number of nitrogens with two attached hydrogens (primary N) is 1. The van der Waals surface area contributed by atoms with Gasteiger partial charge in [-0.1, -0.05) is 64.7 Å². The molecular formula is C15H32ClN3. The number of hydrogen-bond acceptors (Lipinski definition) is 3. The third-order valence-corrected chi connectivity index (χ3v) is 3.75. The normalized spacial score (nSPS) is 14.4. The summed E-state index contributed by atoms with van der Waals surface area (Å²) in [5.74, 6) is 0.755. The van der Waals surface area contributed by atoms with Crippen LogP contribution in [0.5, 0.6) is 0 Å². The summed E-state index contributed by atoms with van der Waals surface area (Å²) < 4.78 is 0. The van der Waals surface area contributed by atoms with E-state index in [0.717, 1.165) is 25.6 Å². The van der Waals surface area contributed by atoms with Crippen LogP contribution in [-0.2, 0) is 0 Å². The third kappa shape index (κ3) is 9.15. The second-order valence-corrected chi connectivity index (χ2v) is 5.41. The maximum atomic E-state index is 5.78. The van der Waals surface area contributed by atoms with Crippen LogP contribution in [0.1, 0.15) is 71.1 Å². The van der Waals surface area contributed by atoms with Crippen molar-refractivity contribution >= 4 is 18.4 Å². The fourth-order valence-corrected chi connectivity index (χ4v) is 2.52. The van der Waals surface area contributed by atoms with Gasteiger partial charge in [-0.15, -0.1) is 12.4 Å². The fourth-order valence-electron chi connectivity index (χ4n) is 2.52. The Morgan fingerprint density at radius 2 is 1.47 bits per heavy atom. The highest BCUT2D eigenvalue weighted by molar-refractivity contribution is 5.85. The zero-order valence-corrected chi connectivity index (χ0v) is 13.4. The monoisotopic (exact) mass is 289 g/mol. The van der Waals surface area contributed by atoms with Crippen molar-refractivity contribution < 1.29 is 0 Å². The lowest BCUT2D eigenvalue weighted by Gasteiger charge is -2.16. The van der Waals surface area contributed by atoms with Gasteiger partial charge in [0.05, 0.1) is 6.54 Å². The van der Waals surface area contributed by atoms with Crippen LogP contribution in [0.3, 0.4) is 0 Å². The molecule has 1 rings (SSSR count). The van der Waals surface area contributed by atoms with E-state index < -0.39 is 0 Å². The Hall–Kier alpha value is -0.440. The van der Waals surface area contributed by atoms with Gasteiger partial charge in [-0.25, -0.2) is 0 Å². The summed E-state index contributed by atoms with van der Waals surface area (Å²) in [7, 11) is 0. The molecule has 0 aromatic rings. The second-order valence-electron chi connectivity index (χ2n) is 5.41. The molecule has 0 spiro atoms. The van der Waals surface area contributed by atoms with Gasteiger partial charge < -0.3 is 10.6 Å². The molecule has 1 heterocycles. The first-order valence-electron chi connectivity index (χ1n) is 7.89. The highest BCUT2D eigenvalue weighted by atomic mass is 35.5. The summed E-state index contributed by atoms with van der Waals surface area (Å²) in [5, 5.41) is 0. The standard InChI is InChI=1S/C15H31N3.ClH/c1-2-3-4-5-6-7-8-9-10-11-13-18-14-12-17-15(18)16;/h2-14H2,1H3,(H2,16,17);1H. The Labute approximate surface area is 125 Å². The first kappa shape index (κ1) is 18.6. The minimum absolute atomic E-state index is 0. The van der Waals surface area contributed by atoms with E-state index in [9.17, 15) is 0 Å². The summed E-state index contributed by atoms with van der Waals surface area (Å²) in [6.45, 7) is 5.30. The summed E-state index contributed by atoms with van der Waals surface area (Å²) >= 11 is 0. The molecule has 0 atom stereocenters. The van der Waals surface area contributed by atoms with Gasteiger partial charge in [-0.3, -0.25) is 4.99 Å². The fraction of sp³-hybridized carbons (Fsp3) is 0.933. The Kier molecular flexibility index (Phi) is 12.3. The predicted octanol–water partition coefficient (Wildman–Crippen LogP) is 3.96. The van der Waals surface area contributed by atoms with Crippen molar-refractivity contribution in [3.63, 3.8) is 0 Å². The molecule has 0 amide bonds. The van der Waals surface area contributed by atoms with E-state index in [2.05, 4.69) is 16.8 Å². The van der Waals surface area contributed by atoms with Gasteiger partial charge in [0.2, 0.25) is 0 Å². The van der Waals surface area contributed by atoms with E-state index in [1.165, 1.54) is 64.2 Å². The van der Waals surface area contributed by atoms with Crippen molar-refractivity contribution in [1.29, 1.82) is 0 Å². The molecule has 0 saturated heterocycles. The van der Waals surface area contributed by atoms with Crippen LogP contribution < -0.4 is 5.73 Å². The predicted molar refractivity (Wildman–Crippen MR) is 87.2 cm³/mol. The van der Waals surface area contributed by atoms with E-state index in [1.54, 1.807) is 0 Å². The van der Waals surface area contributed by atoms with Crippen molar-refractivity contribution in [2.75, 3.05) is 19.6 Å². The van der Waals surface area contributed by atoms with Gasteiger partial charge in [-0.05, 0) is 6.42 Å². The van der Waals surface area contributed by atoms with Crippen LogP contribution in [0.15, 0.2) is 4.99 Å². The summed E-state index contributed by atoms with van der Waals surface area (Å²) in [6, 6.07) is 0. The van der Waals surface area contributed by atoms with Crippen LogP contribution >= 0.6 is 12.4 Å². The van der Waals surface area contributed by atoms with Crippen LogP contribution in [0.4, 0.5) is 0 Å². The number of halogens is 1. The number of nitrogens with zero attached hydrogens (tertiary/aromatic N) is 2. The average Bonchev–Trinajstić information content (AvgIpc) is 2.77. The maximum absolute atomic E-state index is 5.78. The molecule has 114 valence electrons. The van der Waals surface area contributed by atoms with Gasteiger partial charge in [0.25, 0.3) is 0 Å². The molecule has 0 aliphatic carbocycles. The van der Waals surface area contributed by atoms with Crippen molar-refractivity contribution in [2.45, 2.75) is 71.1 Å². The molecule has 0 radical (unpaired) electrons. The van der Waals surface area contributed by atoms with Crippen LogP contribution in [-0.4, -0.2) is 30.5 Å². The van der Waals surface area contributed by atoms with Gasteiger partial charge in [0.15, 0.2) is 5.96 Å². The molecule has 0 fully saturated rings. The number of unbranched alkanes of at least 4 members (excludes halogenated alkanes) is 9. The van der Waals surface area contributed by atoms with Crippen LogP contribution in [0.25, 0.3) is 0 Å². The largest absolute Gasteiger partial charge is 0.370 e. The lowest BCUT2D eigenvalue weighted by Crippen LogP contribution is -2.34. The topological polar surface area (TPSA) is 41.6 Å². The molecule has 0 unspecified atom stereocenters. The molecule has 0 aromatic heterocycles. The number of rotatable bonds is 11. The molecular weight excluding hydrogens is 258 g/mol. The van der Waals surface area contributed by atoms with Crippen molar-refractivity contribution in [3.05, 3.63) is 0 Å². The highest BCUT2D eigenvalue weighted by Gasteiger charge is 2.11. The first-order chi connectivity index (χ1) is 8.84. The van der Waals surface area contributed by atoms with Gasteiger partial charge >= 0.3 is 0 Å². The molecule has 19 heavy (non-hydrogen) atoms. The Balaban J connectivity index is 0.00000324. The minimum Gasteiger partial charge on any atom is -0.370 e. The maximum Gasteiger partial charge on any atom is 0.191 e. The summed E-state index contributed by atoms with van der Waals surface area (Å²) in [6.07, 6.45) is 13.9.